The number of phosphoric ester groups is 1. The summed E-state index contributed by atoms with van der Waals surface area (Å²) in [6, 6.07) is 13.5. The van der Waals surface area contributed by atoms with Gasteiger partial charge in [0.2, 0.25) is 5.82 Å². The van der Waals surface area contributed by atoms with Crippen LogP contribution in [0.15, 0.2) is 60.7 Å². The molecule has 0 aromatic heterocycles. The highest BCUT2D eigenvalue weighted by Gasteiger charge is 2.40. The second kappa shape index (κ2) is 10.5. The summed E-state index contributed by atoms with van der Waals surface area (Å²) < 4.78 is 158. The molecule has 1 heterocycles. The molecule has 0 radical (unpaired) electrons. The van der Waals surface area contributed by atoms with Crippen molar-refractivity contribution in [2.24, 2.45) is 0 Å². The second-order valence-corrected chi connectivity index (χ2v) is 11.9. The normalized spacial score (nSPS) is 15.6. The van der Waals surface area contributed by atoms with E-state index in [0.29, 0.717) is 0 Å². The van der Waals surface area contributed by atoms with Crippen LogP contribution in [-0.2, 0) is 4.57 Å². The van der Waals surface area contributed by atoms with Gasteiger partial charge in [-0.25, -0.2) is 44.1 Å². The Hall–Kier alpha value is -5.00. The quantitative estimate of drug-likeness (QED) is 0.0859. The first-order valence-electron chi connectivity index (χ1n) is 13.4. The van der Waals surface area contributed by atoms with E-state index in [2.05, 4.69) is 0 Å². The fourth-order valence-corrected chi connectivity index (χ4v) is 6.66. The maximum atomic E-state index is 15.5. The lowest BCUT2D eigenvalue weighted by atomic mass is 9.86. The topological polar surface area (TPSA) is 55.8 Å². The number of fused-ring (bicyclic) bond motifs is 7. The van der Waals surface area contributed by atoms with Gasteiger partial charge in [0.05, 0.1) is 11.1 Å². The molecule has 0 aliphatic carbocycles. The van der Waals surface area contributed by atoms with Crippen molar-refractivity contribution in [3.8, 4) is 44.9 Å². The van der Waals surface area contributed by atoms with Crippen LogP contribution in [0.3, 0.4) is 0 Å². The Kier molecular flexibility index (Phi) is 6.85. The fraction of sp³-hybridized carbons (Fsp3) is 0.0303. The predicted octanol–water partition coefficient (Wildman–Crippen LogP) is 10.4. The van der Waals surface area contributed by atoms with Crippen LogP contribution in [0.25, 0.3) is 54.9 Å². The first kappa shape index (κ1) is 30.6. The molecule has 1 aliphatic heterocycles. The van der Waals surface area contributed by atoms with Crippen LogP contribution in [0.4, 0.5) is 39.5 Å². The highest BCUT2D eigenvalue weighted by molar-refractivity contribution is 7.48. The average molecular weight is 676 g/mol. The third-order valence-electron chi connectivity index (χ3n) is 7.90. The summed E-state index contributed by atoms with van der Waals surface area (Å²) >= 11 is 0. The van der Waals surface area contributed by atoms with E-state index < -0.39 is 99.5 Å². The van der Waals surface area contributed by atoms with Crippen molar-refractivity contribution < 1.29 is 58.0 Å². The molecule has 4 nitrogen and oxygen atoms in total. The summed E-state index contributed by atoms with van der Waals surface area (Å²) in [4.78, 5) is 10.9. The Labute approximate surface area is 257 Å². The molecule has 0 saturated carbocycles. The van der Waals surface area contributed by atoms with E-state index in [4.69, 9.17) is 9.05 Å². The summed E-state index contributed by atoms with van der Waals surface area (Å²) in [6.45, 7) is 0.789. The molecule has 238 valence electrons. The number of halogens is 9. The van der Waals surface area contributed by atoms with Gasteiger partial charge >= 0.3 is 7.82 Å². The van der Waals surface area contributed by atoms with Gasteiger partial charge < -0.3 is 9.05 Å². The lowest BCUT2D eigenvalue weighted by Gasteiger charge is -2.19. The lowest BCUT2D eigenvalue weighted by Crippen LogP contribution is -2.06. The van der Waals surface area contributed by atoms with Gasteiger partial charge in [0, 0.05) is 27.8 Å². The summed E-state index contributed by atoms with van der Waals surface area (Å²) in [6.07, 6.45) is 0. The molecule has 0 spiro atoms. The molecule has 6 aromatic rings. The molecule has 47 heavy (non-hydrogen) atoms. The van der Waals surface area contributed by atoms with E-state index in [1.54, 1.807) is 0 Å². The first-order valence-corrected chi connectivity index (χ1v) is 14.9. The number of benzene rings is 6. The zero-order chi connectivity index (χ0) is 33.7. The van der Waals surface area contributed by atoms with Crippen molar-refractivity contribution in [1.29, 1.82) is 0 Å². The van der Waals surface area contributed by atoms with Crippen LogP contribution in [0, 0.1) is 59.3 Å². The Morgan fingerprint density at radius 2 is 0.851 bits per heavy atom. The van der Waals surface area contributed by atoms with Gasteiger partial charge in [0.15, 0.2) is 46.5 Å². The molecule has 0 fully saturated rings. The van der Waals surface area contributed by atoms with Crippen LogP contribution < -0.4 is 9.05 Å². The van der Waals surface area contributed by atoms with Crippen molar-refractivity contribution >= 4 is 29.4 Å². The average Bonchev–Trinajstić information content (AvgIpc) is 3.18. The molecule has 7 rings (SSSR count). The summed E-state index contributed by atoms with van der Waals surface area (Å²) in [5, 5.41) is 0.392. The molecule has 0 bridgehead atoms. The van der Waals surface area contributed by atoms with Crippen molar-refractivity contribution in [3.05, 3.63) is 119 Å². The van der Waals surface area contributed by atoms with Crippen molar-refractivity contribution in [1.82, 2.24) is 0 Å². The van der Waals surface area contributed by atoms with Gasteiger partial charge in [-0.05, 0) is 40.6 Å². The van der Waals surface area contributed by atoms with Gasteiger partial charge in [-0.3, -0.25) is 4.89 Å². The Morgan fingerprint density at radius 3 is 1.26 bits per heavy atom. The number of hydrogen-bond donors (Lipinski definition) is 1. The maximum absolute atomic E-state index is 15.5. The predicted molar refractivity (Wildman–Crippen MR) is 153 cm³/mol. The van der Waals surface area contributed by atoms with Gasteiger partial charge in [0.25, 0.3) is 0 Å². The molecular formula is C33H14F9O4P. The maximum Gasteiger partial charge on any atom is 0.584 e. The van der Waals surface area contributed by atoms with Crippen LogP contribution in [0.2, 0.25) is 0 Å². The number of phosphoric acid groups is 1. The van der Waals surface area contributed by atoms with E-state index in [1.807, 2.05) is 0 Å². The molecular weight excluding hydrogens is 662 g/mol. The van der Waals surface area contributed by atoms with Crippen LogP contribution in [0.1, 0.15) is 5.56 Å². The highest BCUT2D eigenvalue weighted by Crippen LogP contribution is 2.62. The van der Waals surface area contributed by atoms with Gasteiger partial charge in [-0.15, -0.1) is 0 Å². The van der Waals surface area contributed by atoms with E-state index >= 15 is 17.6 Å². The molecule has 1 unspecified atom stereocenters. The Balaban J connectivity index is 1.75. The largest absolute Gasteiger partial charge is 0.584 e. The van der Waals surface area contributed by atoms with E-state index in [9.17, 15) is 31.4 Å². The third-order valence-corrected chi connectivity index (χ3v) is 8.72. The zero-order valence-corrected chi connectivity index (χ0v) is 24.2. The molecule has 0 saturated heterocycles. The van der Waals surface area contributed by atoms with Crippen molar-refractivity contribution in [3.63, 3.8) is 0 Å². The monoisotopic (exact) mass is 676 g/mol. The van der Waals surface area contributed by atoms with Gasteiger partial charge in [-0.2, -0.15) is 0 Å². The van der Waals surface area contributed by atoms with Gasteiger partial charge in [-0.1, -0.05) is 48.5 Å². The van der Waals surface area contributed by atoms with Crippen LogP contribution in [-0.4, -0.2) is 4.89 Å². The third kappa shape index (κ3) is 4.40. The van der Waals surface area contributed by atoms with Crippen molar-refractivity contribution in [2.45, 2.75) is 6.92 Å². The SMILES string of the molecule is Cc1c(F)c(F)c(-c2cc3ccccc3c3c2OP(=O)(O)Oc2c(-c4c(F)c(F)c(F)c(F)c4F)cc4ccccc4c2-3)c(F)c1F. The van der Waals surface area contributed by atoms with E-state index in [1.165, 1.54) is 48.5 Å². The molecule has 6 aromatic carbocycles. The zero-order valence-electron chi connectivity index (χ0n) is 23.3. The molecule has 14 heteroatoms. The standard InChI is InChI=1S/C33H14F9O4P/c1-12-23(34)25(36)21(26(37)24(12)35)17-10-13-6-2-4-8-15(13)19-20-16-9-5-3-7-14(16)11-18(33(20)46-47(43,44)45-32(17)19)22-27(38)29(40)31(42)30(41)28(22)39/h2-11H,1H3,(H,43,44). The van der Waals surface area contributed by atoms with Crippen molar-refractivity contribution in [2.75, 3.05) is 0 Å². The molecule has 1 atom stereocenters. The second-order valence-electron chi connectivity index (χ2n) is 10.6. The van der Waals surface area contributed by atoms with Crippen LogP contribution >= 0.6 is 7.82 Å². The number of rotatable bonds is 2. The minimum Gasteiger partial charge on any atom is -0.394 e. The molecule has 1 N–H and O–H groups in total. The summed E-state index contributed by atoms with van der Waals surface area (Å²) in [7, 11) is -5.61. The number of hydrogen-bond acceptors (Lipinski definition) is 3. The first-order chi connectivity index (χ1) is 22.2. The molecule has 1 aliphatic rings. The summed E-state index contributed by atoms with van der Waals surface area (Å²) in [5.41, 5.74) is -6.13. The minimum absolute atomic E-state index is 0.0775. The highest BCUT2D eigenvalue weighted by atomic mass is 31.2. The Morgan fingerprint density at radius 1 is 0.511 bits per heavy atom. The minimum atomic E-state index is -5.61. The summed E-state index contributed by atoms with van der Waals surface area (Å²) in [5.74, 6) is -20.7. The Bertz CT molecular complexity index is 2210. The van der Waals surface area contributed by atoms with Crippen LogP contribution in [0.5, 0.6) is 11.5 Å². The molecule has 0 amide bonds. The van der Waals surface area contributed by atoms with E-state index in [-0.39, 0.29) is 32.7 Å². The van der Waals surface area contributed by atoms with Gasteiger partial charge in [0.1, 0.15) is 11.5 Å². The smallest absolute Gasteiger partial charge is 0.394 e. The van der Waals surface area contributed by atoms with E-state index in [0.717, 1.165) is 19.1 Å². The lowest BCUT2D eigenvalue weighted by molar-refractivity contribution is 0.295. The fourth-order valence-electron chi connectivity index (χ4n) is 5.78.